The minimum Gasteiger partial charge on any atom is -0.494 e. The van der Waals surface area contributed by atoms with Crippen LogP contribution in [0.25, 0.3) is 10.1 Å². The van der Waals surface area contributed by atoms with Crippen LogP contribution in [0.4, 0.5) is 0 Å². The number of nitrogens with zero attached hydrogens (tertiary/aromatic N) is 2. The summed E-state index contributed by atoms with van der Waals surface area (Å²) < 4.78 is 17.3. The third kappa shape index (κ3) is 3.48. The minimum absolute atomic E-state index is 0.663. The lowest BCUT2D eigenvalue weighted by atomic mass is 10.2. The molecule has 4 rings (SSSR count). The van der Waals surface area contributed by atoms with Crippen LogP contribution in [0.15, 0.2) is 26.9 Å². The fraction of sp³-hybridized carbons (Fsp3) is 0.529. The van der Waals surface area contributed by atoms with E-state index in [9.17, 15) is 0 Å². The Balaban J connectivity index is 1.48. The highest BCUT2D eigenvalue weighted by Crippen LogP contribution is 2.46. The van der Waals surface area contributed by atoms with Crippen LogP contribution in [0, 0.1) is 0 Å². The molecule has 0 spiro atoms. The van der Waals surface area contributed by atoms with Gasteiger partial charge in [0.2, 0.25) is 0 Å². The van der Waals surface area contributed by atoms with Crippen molar-refractivity contribution in [3.63, 3.8) is 0 Å². The van der Waals surface area contributed by atoms with Crippen LogP contribution < -0.4 is 4.74 Å². The van der Waals surface area contributed by atoms with Crippen molar-refractivity contribution in [3.05, 3.63) is 22.7 Å². The maximum absolute atomic E-state index is 5.72. The normalized spacial score (nSPS) is 23.2. The molecule has 2 saturated heterocycles. The molecule has 2 aliphatic rings. The molecule has 130 valence electrons. The minimum atomic E-state index is 0.663. The van der Waals surface area contributed by atoms with Crippen molar-refractivity contribution >= 4 is 49.3 Å². The van der Waals surface area contributed by atoms with E-state index < -0.39 is 0 Å². The van der Waals surface area contributed by atoms with E-state index >= 15 is 0 Å². The average Bonchev–Trinajstić information content (AvgIpc) is 3.20. The summed E-state index contributed by atoms with van der Waals surface area (Å²) in [5.74, 6) is 1.01. The van der Waals surface area contributed by atoms with Gasteiger partial charge in [-0.2, -0.15) is 0 Å². The van der Waals surface area contributed by atoms with E-state index in [1.54, 1.807) is 7.11 Å². The summed E-state index contributed by atoms with van der Waals surface area (Å²) in [7, 11) is 1.77. The maximum atomic E-state index is 5.72. The quantitative estimate of drug-likeness (QED) is 0.682. The fourth-order valence-corrected chi connectivity index (χ4v) is 6.36. The number of hydrogen-bond donors (Lipinski definition) is 0. The lowest BCUT2D eigenvalue weighted by Gasteiger charge is -2.32. The van der Waals surface area contributed by atoms with Crippen LogP contribution >= 0.6 is 39.2 Å². The van der Waals surface area contributed by atoms with Crippen molar-refractivity contribution in [1.82, 2.24) is 9.21 Å². The smallest absolute Gasteiger partial charge is 0.152 e. The van der Waals surface area contributed by atoms with Crippen LogP contribution in [-0.2, 0) is 4.74 Å². The molecular formula is C17H21BrN2O2S2. The molecule has 1 unspecified atom stereocenters. The van der Waals surface area contributed by atoms with Gasteiger partial charge in [-0.3, -0.25) is 4.90 Å². The van der Waals surface area contributed by atoms with Crippen LogP contribution in [0.1, 0.15) is 6.42 Å². The summed E-state index contributed by atoms with van der Waals surface area (Å²) >= 11 is 7.24. The molecule has 0 amide bonds. The zero-order valence-corrected chi connectivity index (χ0v) is 16.9. The number of thiophene rings is 1. The monoisotopic (exact) mass is 428 g/mol. The molecule has 2 aromatic rings. The first kappa shape index (κ1) is 17.1. The molecule has 2 fully saturated rings. The van der Waals surface area contributed by atoms with Crippen molar-refractivity contribution < 1.29 is 9.47 Å². The first-order valence-corrected chi connectivity index (χ1v) is 10.6. The van der Waals surface area contributed by atoms with Gasteiger partial charge in [0.1, 0.15) is 4.21 Å². The number of ether oxygens (including phenoxy) is 2. The van der Waals surface area contributed by atoms with Gasteiger partial charge in [0, 0.05) is 46.8 Å². The molecule has 3 heterocycles. The summed E-state index contributed by atoms with van der Waals surface area (Å²) in [5, 5.41) is 1.20. The summed E-state index contributed by atoms with van der Waals surface area (Å²) in [6.45, 7) is 6.15. The molecule has 24 heavy (non-hydrogen) atoms. The Morgan fingerprint density at radius 3 is 2.92 bits per heavy atom. The second-order valence-corrected chi connectivity index (χ2v) is 9.47. The van der Waals surface area contributed by atoms with Crippen molar-refractivity contribution in [3.8, 4) is 5.75 Å². The highest BCUT2D eigenvalue weighted by molar-refractivity contribution is 9.10. The Bertz CT molecular complexity index is 718. The number of rotatable bonds is 4. The van der Waals surface area contributed by atoms with E-state index in [0.29, 0.717) is 6.04 Å². The molecule has 7 heteroatoms. The second-order valence-electron chi connectivity index (χ2n) is 6.13. The number of hydrogen-bond acceptors (Lipinski definition) is 6. The van der Waals surface area contributed by atoms with E-state index in [2.05, 4.69) is 43.3 Å². The van der Waals surface area contributed by atoms with Crippen LogP contribution in [0.5, 0.6) is 5.75 Å². The summed E-state index contributed by atoms with van der Waals surface area (Å²) in [6.07, 6.45) is 1.24. The maximum Gasteiger partial charge on any atom is 0.152 e. The van der Waals surface area contributed by atoms with Gasteiger partial charge in [0.15, 0.2) is 5.75 Å². The van der Waals surface area contributed by atoms with Gasteiger partial charge in [0.25, 0.3) is 0 Å². The Hall–Kier alpha value is -0.310. The summed E-state index contributed by atoms with van der Waals surface area (Å²) in [5.41, 5.74) is 0. The average molecular weight is 429 g/mol. The Morgan fingerprint density at radius 2 is 2.12 bits per heavy atom. The Labute approximate surface area is 159 Å². The zero-order chi connectivity index (χ0) is 16.5. The largest absolute Gasteiger partial charge is 0.494 e. The number of benzene rings is 1. The number of methoxy groups -OCH3 is 1. The number of fused-ring (bicyclic) bond motifs is 1. The summed E-state index contributed by atoms with van der Waals surface area (Å²) in [6, 6.07) is 7.07. The molecule has 1 aromatic heterocycles. The predicted molar refractivity (Wildman–Crippen MR) is 104 cm³/mol. The zero-order valence-electron chi connectivity index (χ0n) is 13.7. The van der Waals surface area contributed by atoms with Gasteiger partial charge in [-0.15, -0.1) is 11.3 Å². The van der Waals surface area contributed by atoms with Crippen LogP contribution in [0.3, 0.4) is 0 Å². The molecular weight excluding hydrogens is 408 g/mol. The third-order valence-electron chi connectivity index (χ3n) is 4.68. The first-order valence-electron chi connectivity index (χ1n) is 8.25. The van der Waals surface area contributed by atoms with Gasteiger partial charge >= 0.3 is 0 Å². The number of morpholine rings is 1. The second kappa shape index (κ2) is 7.51. The van der Waals surface area contributed by atoms with Crippen molar-refractivity contribution in [2.24, 2.45) is 0 Å². The molecule has 0 bridgehead atoms. The summed E-state index contributed by atoms with van der Waals surface area (Å²) in [4.78, 5) is 2.59. The highest BCUT2D eigenvalue weighted by Gasteiger charge is 2.30. The molecule has 1 atom stereocenters. The highest BCUT2D eigenvalue weighted by atomic mass is 79.9. The third-order valence-corrected chi connectivity index (χ3v) is 7.53. The van der Waals surface area contributed by atoms with E-state index in [1.807, 2.05) is 23.3 Å². The predicted octanol–water partition coefficient (Wildman–Crippen LogP) is 4.09. The van der Waals surface area contributed by atoms with Crippen molar-refractivity contribution in [2.75, 3.05) is 46.5 Å². The number of halogens is 1. The van der Waals surface area contributed by atoms with Crippen molar-refractivity contribution in [1.29, 1.82) is 0 Å². The van der Waals surface area contributed by atoms with Gasteiger partial charge in [0.05, 0.1) is 20.3 Å². The van der Waals surface area contributed by atoms with Gasteiger partial charge in [-0.1, -0.05) is 15.9 Å². The molecule has 2 aliphatic heterocycles. The standard InChI is InChI=1S/C17H21BrN2O2S2/c1-21-16-14-10-12(18)2-3-15(14)23-17(16)24-20-5-4-13(11-20)19-6-8-22-9-7-19/h2-3,10,13H,4-9,11H2,1H3. The molecule has 0 saturated carbocycles. The molecule has 0 N–H and O–H groups in total. The molecule has 0 radical (unpaired) electrons. The molecule has 0 aliphatic carbocycles. The van der Waals surface area contributed by atoms with E-state index in [0.717, 1.165) is 49.6 Å². The Morgan fingerprint density at radius 1 is 1.29 bits per heavy atom. The Kier molecular flexibility index (Phi) is 5.36. The lowest BCUT2D eigenvalue weighted by Crippen LogP contribution is -2.44. The lowest BCUT2D eigenvalue weighted by molar-refractivity contribution is 0.0198. The SMILES string of the molecule is COc1c(SN2CCC(N3CCOCC3)C2)sc2ccc(Br)cc12. The topological polar surface area (TPSA) is 24.9 Å². The fourth-order valence-electron chi connectivity index (χ4n) is 3.43. The van der Waals surface area contributed by atoms with E-state index in [-0.39, 0.29) is 0 Å². The molecule has 1 aromatic carbocycles. The van der Waals surface area contributed by atoms with Gasteiger partial charge < -0.3 is 9.47 Å². The van der Waals surface area contributed by atoms with E-state index in [4.69, 9.17) is 9.47 Å². The first-order chi connectivity index (χ1) is 11.7. The van der Waals surface area contributed by atoms with Gasteiger partial charge in [-0.25, -0.2) is 4.31 Å². The van der Waals surface area contributed by atoms with Crippen molar-refractivity contribution in [2.45, 2.75) is 16.7 Å². The van der Waals surface area contributed by atoms with Gasteiger partial charge in [-0.05, 0) is 36.6 Å². The van der Waals surface area contributed by atoms with E-state index in [1.165, 1.54) is 20.7 Å². The van der Waals surface area contributed by atoms with Crippen LogP contribution in [-0.4, -0.2) is 61.7 Å². The van der Waals surface area contributed by atoms with Crippen LogP contribution in [0.2, 0.25) is 0 Å². The molecule has 4 nitrogen and oxygen atoms in total.